The number of nitro groups is 1. The van der Waals surface area contributed by atoms with Crippen LogP contribution in [0.3, 0.4) is 0 Å². The molecule has 0 spiro atoms. The highest BCUT2D eigenvalue weighted by atomic mass is 32.1. The van der Waals surface area contributed by atoms with Gasteiger partial charge in [0.1, 0.15) is 35.6 Å². The van der Waals surface area contributed by atoms with E-state index in [1.54, 1.807) is 5.38 Å². The van der Waals surface area contributed by atoms with E-state index in [0.717, 1.165) is 18.2 Å². The molecule has 0 aliphatic carbocycles. The molecule has 0 saturated heterocycles. The van der Waals surface area contributed by atoms with Crippen LogP contribution in [0.1, 0.15) is 10.7 Å². The van der Waals surface area contributed by atoms with Crippen LogP contribution in [-0.4, -0.2) is 9.91 Å². The normalized spacial score (nSPS) is 10.5. The third-order valence-electron chi connectivity index (χ3n) is 3.27. The molecular weight excluding hydrogens is 366 g/mol. The second kappa shape index (κ2) is 7.87. The van der Waals surface area contributed by atoms with Crippen molar-refractivity contribution in [1.82, 2.24) is 4.98 Å². The van der Waals surface area contributed by atoms with Crippen molar-refractivity contribution in [3.05, 3.63) is 80.3 Å². The van der Waals surface area contributed by atoms with Crippen LogP contribution in [0, 0.1) is 21.7 Å². The van der Waals surface area contributed by atoms with Gasteiger partial charge in [-0.3, -0.25) is 10.1 Å². The Labute approximate surface area is 150 Å². The van der Waals surface area contributed by atoms with Crippen molar-refractivity contribution in [1.29, 1.82) is 0 Å². The van der Waals surface area contributed by atoms with Crippen molar-refractivity contribution in [2.45, 2.75) is 13.2 Å². The molecule has 0 bridgehead atoms. The number of aromatic nitrogens is 1. The van der Waals surface area contributed by atoms with Gasteiger partial charge in [-0.15, -0.1) is 11.3 Å². The highest BCUT2D eigenvalue weighted by molar-refractivity contribution is 7.09. The largest absolute Gasteiger partial charge is 0.486 e. The third-order valence-corrected chi connectivity index (χ3v) is 4.14. The van der Waals surface area contributed by atoms with Gasteiger partial charge in [0.05, 0.1) is 10.6 Å². The highest BCUT2D eigenvalue weighted by Gasteiger charge is 2.16. The highest BCUT2D eigenvalue weighted by Crippen LogP contribution is 2.28. The smallest absolute Gasteiger partial charge is 0.311 e. The fourth-order valence-corrected chi connectivity index (χ4v) is 2.75. The summed E-state index contributed by atoms with van der Waals surface area (Å²) < 4.78 is 36.9. The number of benzene rings is 2. The first kappa shape index (κ1) is 17.7. The molecule has 26 heavy (non-hydrogen) atoms. The lowest BCUT2D eigenvalue weighted by molar-refractivity contribution is -0.386. The summed E-state index contributed by atoms with van der Waals surface area (Å²) in [5, 5.41) is 13.3. The number of thiazole rings is 1. The van der Waals surface area contributed by atoms with Crippen molar-refractivity contribution >= 4 is 17.0 Å². The second-order valence-electron chi connectivity index (χ2n) is 5.13. The number of ether oxygens (including phenoxy) is 2. The molecule has 0 N–H and O–H groups in total. The molecule has 0 atom stereocenters. The summed E-state index contributed by atoms with van der Waals surface area (Å²) >= 11 is 1.32. The van der Waals surface area contributed by atoms with Crippen LogP contribution in [-0.2, 0) is 13.2 Å². The van der Waals surface area contributed by atoms with Crippen molar-refractivity contribution < 1.29 is 23.2 Å². The minimum atomic E-state index is -0.641. The molecule has 0 aliphatic rings. The summed E-state index contributed by atoms with van der Waals surface area (Å²) in [5.74, 6) is -0.628. The number of hydrogen-bond donors (Lipinski definition) is 0. The van der Waals surface area contributed by atoms with Gasteiger partial charge in [-0.05, 0) is 30.3 Å². The zero-order valence-corrected chi connectivity index (χ0v) is 14.0. The van der Waals surface area contributed by atoms with Crippen molar-refractivity contribution in [3.63, 3.8) is 0 Å². The third kappa shape index (κ3) is 4.51. The van der Waals surface area contributed by atoms with Crippen LogP contribution in [0.25, 0.3) is 0 Å². The van der Waals surface area contributed by atoms with Gasteiger partial charge in [-0.1, -0.05) is 0 Å². The first-order valence-electron chi connectivity index (χ1n) is 7.39. The minimum absolute atomic E-state index is 0.0443. The molecule has 9 heteroatoms. The maximum absolute atomic E-state index is 13.3. The van der Waals surface area contributed by atoms with E-state index >= 15 is 0 Å². The van der Waals surface area contributed by atoms with E-state index in [2.05, 4.69) is 4.98 Å². The van der Waals surface area contributed by atoms with E-state index in [4.69, 9.17) is 9.47 Å². The molecule has 1 aromatic heterocycles. The summed E-state index contributed by atoms with van der Waals surface area (Å²) in [6, 6.07) is 8.62. The Balaban J connectivity index is 1.59. The predicted octanol–water partition coefficient (Wildman–Crippen LogP) is 4.49. The summed E-state index contributed by atoms with van der Waals surface area (Å²) in [4.78, 5) is 14.6. The van der Waals surface area contributed by atoms with Gasteiger partial charge < -0.3 is 9.47 Å². The monoisotopic (exact) mass is 378 g/mol. The molecule has 1 heterocycles. The topological polar surface area (TPSA) is 74.5 Å². The minimum Gasteiger partial charge on any atom is -0.486 e. The Morgan fingerprint density at radius 1 is 1.04 bits per heavy atom. The molecule has 0 amide bonds. The van der Waals surface area contributed by atoms with Crippen LogP contribution in [0.5, 0.6) is 11.5 Å². The molecule has 6 nitrogen and oxygen atoms in total. The number of nitro benzene ring substituents is 1. The van der Waals surface area contributed by atoms with Gasteiger partial charge in [0.25, 0.3) is 0 Å². The molecule has 0 radical (unpaired) electrons. The maximum Gasteiger partial charge on any atom is 0.311 e. The first-order valence-corrected chi connectivity index (χ1v) is 8.27. The van der Waals surface area contributed by atoms with Crippen molar-refractivity contribution in [3.8, 4) is 11.5 Å². The summed E-state index contributed by atoms with van der Waals surface area (Å²) in [6.45, 7) is 0.147. The molecule has 0 aliphatic heterocycles. The van der Waals surface area contributed by atoms with E-state index in [1.807, 2.05) is 0 Å². The van der Waals surface area contributed by atoms with Crippen LogP contribution >= 0.6 is 11.3 Å². The van der Waals surface area contributed by atoms with Crippen molar-refractivity contribution in [2.24, 2.45) is 0 Å². The molecule has 3 rings (SSSR count). The van der Waals surface area contributed by atoms with E-state index in [1.165, 1.54) is 35.6 Å². The summed E-state index contributed by atoms with van der Waals surface area (Å²) in [7, 11) is 0. The maximum atomic E-state index is 13.3. The van der Waals surface area contributed by atoms with Crippen LogP contribution in [0.15, 0.2) is 47.8 Å². The Morgan fingerprint density at radius 2 is 1.77 bits per heavy atom. The van der Waals surface area contributed by atoms with E-state index in [9.17, 15) is 18.9 Å². The van der Waals surface area contributed by atoms with Gasteiger partial charge in [-0.2, -0.15) is 0 Å². The lowest BCUT2D eigenvalue weighted by Gasteiger charge is -2.05. The Kier molecular flexibility index (Phi) is 5.37. The molecular formula is C17H12F2N2O4S. The van der Waals surface area contributed by atoms with Gasteiger partial charge >= 0.3 is 5.69 Å². The quantitative estimate of drug-likeness (QED) is 0.447. The standard InChI is InChI=1S/C17H12F2N2O4S/c18-11-1-4-14(5-2-11)24-9-17-20-13(10-26-17)8-25-16-7-12(19)3-6-15(16)21(22)23/h1-7,10H,8-9H2. The average molecular weight is 378 g/mol. The van der Waals surface area contributed by atoms with Gasteiger partial charge in [0.15, 0.2) is 5.75 Å². The lowest BCUT2D eigenvalue weighted by atomic mass is 10.3. The summed E-state index contributed by atoms with van der Waals surface area (Å²) in [6.07, 6.45) is 0. The molecule has 0 unspecified atom stereocenters. The number of hydrogen-bond acceptors (Lipinski definition) is 6. The van der Waals surface area contributed by atoms with Crippen molar-refractivity contribution in [2.75, 3.05) is 0 Å². The Hall–Kier alpha value is -3.07. The van der Waals surface area contributed by atoms with E-state index in [0.29, 0.717) is 16.5 Å². The Morgan fingerprint density at radius 3 is 2.50 bits per heavy atom. The molecule has 2 aromatic carbocycles. The molecule has 3 aromatic rings. The first-order chi connectivity index (χ1) is 12.5. The molecule has 0 fully saturated rings. The molecule has 0 saturated carbocycles. The fraction of sp³-hybridized carbons (Fsp3) is 0.118. The van der Waals surface area contributed by atoms with Gasteiger partial charge in [-0.25, -0.2) is 13.8 Å². The predicted molar refractivity (Wildman–Crippen MR) is 90.2 cm³/mol. The van der Waals surface area contributed by atoms with E-state index < -0.39 is 10.7 Å². The van der Waals surface area contributed by atoms with E-state index in [-0.39, 0.29) is 30.5 Å². The number of rotatable bonds is 7. The molecule has 134 valence electrons. The SMILES string of the molecule is O=[N+]([O-])c1ccc(F)cc1OCc1csc(COc2ccc(F)cc2)n1. The van der Waals surface area contributed by atoms with Crippen LogP contribution < -0.4 is 9.47 Å². The van der Waals surface area contributed by atoms with Gasteiger partial charge in [0, 0.05) is 17.5 Å². The fourth-order valence-electron chi connectivity index (χ4n) is 2.06. The van der Waals surface area contributed by atoms with Crippen LogP contribution in [0.4, 0.5) is 14.5 Å². The second-order valence-corrected chi connectivity index (χ2v) is 6.08. The Bertz CT molecular complexity index is 915. The van der Waals surface area contributed by atoms with Crippen LogP contribution in [0.2, 0.25) is 0 Å². The average Bonchev–Trinajstić information content (AvgIpc) is 3.07. The zero-order valence-electron chi connectivity index (χ0n) is 13.2. The summed E-state index contributed by atoms with van der Waals surface area (Å²) in [5.41, 5.74) is 0.216. The van der Waals surface area contributed by atoms with Gasteiger partial charge in [0.2, 0.25) is 0 Å². The number of halogens is 2. The zero-order chi connectivity index (χ0) is 18.5. The number of nitrogens with zero attached hydrogens (tertiary/aromatic N) is 2. The lowest BCUT2D eigenvalue weighted by Crippen LogP contribution is -2.01.